The molecule has 128 valence electrons. The van der Waals surface area contributed by atoms with Crippen molar-refractivity contribution >= 4 is 23.5 Å². The van der Waals surface area contributed by atoms with Gasteiger partial charge in [-0.05, 0) is 50.9 Å². The van der Waals surface area contributed by atoms with Gasteiger partial charge in [-0.1, -0.05) is 13.8 Å². The maximum atomic E-state index is 5.55. The lowest BCUT2D eigenvalue weighted by molar-refractivity contribution is 0.114. The Morgan fingerprint density at radius 2 is 2.30 bits per heavy atom. The Hall–Kier alpha value is -1.40. The molecule has 1 saturated heterocycles. The van der Waals surface area contributed by atoms with Crippen molar-refractivity contribution in [2.24, 2.45) is 11.0 Å². The molecule has 6 heteroatoms. The lowest BCUT2D eigenvalue weighted by atomic mass is 10.2. The monoisotopic (exact) mass is 336 g/mol. The molecule has 23 heavy (non-hydrogen) atoms. The van der Waals surface area contributed by atoms with Gasteiger partial charge in [-0.15, -0.1) is 0 Å². The van der Waals surface area contributed by atoms with Gasteiger partial charge < -0.3 is 14.6 Å². The Kier molecular flexibility index (Phi) is 6.59. The number of thiocarbonyl (C=S) groups is 1. The molecular formula is C17H28N4OS. The van der Waals surface area contributed by atoms with Crippen molar-refractivity contribution in [3.8, 4) is 0 Å². The maximum Gasteiger partial charge on any atom is 0.187 e. The average Bonchev–Trinajstić information content (AvgIpc) is 3.09. The van der Waals surface area contributed by atoms with Crippen LogP contribution in [0.15, 0.2) is 11.2 Å². The quantitative estimate of drug-likeness (QED) is 0.476. The van der Waals surface area contributed by atoms with Crippen LogP contribution < -0.4 is 10.7 Å². The molecule has 5 nitrogen and oxygen atoms in total. The van der Waals surface area contributed by atoms with E-state index in [1.54, 1.807) is 0 Å². The Balaban J connectivity index is 1.83. The smallest absolute Gasteiger partial charge is 0.187 e. The summed E-state index contributed by atoms with van der Waals surface area (Å²) >= 11 is 5.23. The van der Waals surface area contributed by atoms with Gasteiger partial charge in [0.1, 0.15) is 0 Å². The van der Waals surface area contributed by atoms with Crippen molar-refractivity contribution in [2.45, 2.75) is 53.2 Å². The first kappa shape index (κ1) is 17.9. The molecule has 1 aromatic heterocycles. The molecule has 1 fully saturated rings. The van der Waals surface area contributed by atoms with Crippen molar-refractivity contribution in [1.82, 2.24) is 15.3 Å². The van der Waals surface area contributed by atoms with Gasteiger partial charge >= 0.3 is 0 Å². The Bertz CT molecular complexity index is 559. The van der Waals surface area contributed by atoms with Gasteiger partial charge in [0.05, 0.1) is 12.3 Å². The summed E-state index contributed by atoms with van der Waals surface area (Å²) in [7, 11) is 0. The second-order valence-electron chi connectivity index (χ2n) is 6.55. The van der Waals surface area contributed by atoms with Gasteiger partial charge in [-0.3, -0.25) is 5.43 Å². The van der Waals surface area contributed by atoms with Crippen LogP contribution in [-0.4, -0.2) is 35.1 Å². The van der Waals surface area contributed by atoms with E-state index in [1.165, 1.54) is 11.4 Å². The van der Waals surface area contributed by atoms with Crippen LogP contribution in [0.5, 0.6) is 0 Å². The van der Waals surface area contributed by atoms with Gasteiger partial charge in [-0.25, -0.2) is 0 Å². The minimum absolute atomic E-state index is 0.272. The maximum absolute atomic E-state index is 5.55. The fraction of sp³-hybridized carbons (Fsp3) is 0.647. The zero-order valence-electron chi connectivity index (χ0n) is 14.6. The molecule has 2 N–H and O–H groups in total. The molecule has 0 radical (unpaired) electrons. The van der Waals surface area contributed by atoms with Crippen LogP contribution in [0.2, 0.25) is 0 Å². The molecule has 0 spiro atoms. The zero-order valence-corrected chi connectivity index (χ0v) is 15.4. The topological polar surface area (TPSA) is 50.6 Å². The zero-order chi connectivity index (χ0) is 16.8. The van der Waals surface area contributed by atoms with Crippen molar-refractivity contribution in [3.05, 3.63) is 23.0 Å². The predicted molar refractivity (Wildman–Crippen MR) is 99.0 cm³/mol. The lowest BCUT2D eigenvalue weighted by Gasteiger charge is -2.12. The van der Waals surface area contributed by atoms with E-state index in [-0.39, 0.29) is 6.10 Å². The van der Waals surface area contributed by atoms with Crippen LogP contribution in [0.25, 0.3) is 0 Å². The fourth-order valence-electron chi connectivity index (χ4n) is 2.82. The molecule has 0 aromatic carbocycles. The van der Waals surface area contributed by atoms with E-state index in [1.807, 2.05) is 6.21 Å². The van der Waals surface area contributed by atoms with Crippen LogP contribution in [0.1, 0.15) is 43.6 Å². The standard InChI is InChI=1S/C17H28N4OS/c1-12(2)11-21-13(3)8-15(14(21)4)9-19-20-17(23)18-10-16-6-5-7-22-16/h8-9,12,16H,5-7,10-11H2,1-4H3,(H2,18,20,23)/t16-/m0/s1. The van der Waals surface area contributed by atoms with E-state index in [0.717, 1.165) is 38.1 Å². The van der Waals surface area contributed by atoms with E-state index in [0.29, 0.717) is 11.0 Å². The number of hydrogen-bond donors (Lipinski definition) is 2. The minimum Gasteiger partial charge on any atom is -0.376 e. The van der Waals surface area contributed by atoms with Crippen LogP contribution in [-0.2, 0) is 11.3 Å². The van der Waals surface area contributed by atoms with Crippen LogP contribution >= 0.6 is 12.2 Å². The highest BCUT2D eigenvalue weighted by atomic mass is 32.1. The normalized spacial score (nSPS) is 18.0. The van der Waals surface area contributed by atoms with E-state index in [2.05, 4.69) is 54.2 Å². The van der Waals surface area contributed by atoms with Gasteiger partial charge in [0.2, 0.25) is 0 Å². The van der Waals surface area contributed by atoms with E-state index in [4.69, 9.17) is 17.0 Å². The summed E-state index contributed by atoms with van der Waals surface area (Å²) in [5.74, 6) is 0.622. The summed E-state index contributed by atoms with van der Waals surface area (Å²) in [4.78, 5) is 0. The minimum atomic E-state index is 0.272. The van der Waals surface area contributed by atoms with Crippen molar-refractivity contribution in [3.63, 3.8) is 0 Å². The molecule has 1 aliphatic heterocycles. The van der Waals surface area contributed by atoms with E-state index >= 15 is 0 Å². The number of nitrogens with one attached hydrogen (secondary N) is 2. The van der Waals surface area contributed by atoms with Crippen LogP contribution in [0.4, 0.5) is 0 Å². The van der Waals surface area contributed by atoms with Crippen molar-refractivity contribution < 1.29 is 4.74 Å². The first-order valence-corrected chi connectivity index (χ1v) is 8.73. The third-order valence-corrected chi connectivity index (χ3v) is 4.28. The average molecular weight is 337 g/mol. The van der Waals surface area contributed by atoms with E-state index < -0.39 is 0 Å². The van der Waals surface area contributed by atoms with Gasteiger partial charge in [0.25, 0.3) is 0 Å². The molecule has 1 aromatic rings. The number of nitrogens with zero attached hydrogens (tertiary/aromatic N) is 2. The third-order valence-electron chi connectivity index (χ3n) is 4.04. The summed E-state index contributed by atoms with van der Waals surface area (Å²) < 4.78 is 7.88. The molecule has 0 saturated carbocycles. The predicted octanol–water partition coefficient (Wildman–Crippen LogP) is 2.74. The molecule has 0 bridgehead atoms. The lowest BCUT2D eigenvalue weighted by Crippen LogP contribution is -2.37. The second-order valence-corrected chi connectivity index (χ2v) is 6.95. The first-order chi connectivity index (χ1) is 11.0. The Morgan fingerprint density at radius 1 is 1.52 bits per heavy atom. The Labute approximate surface area is 144 Å². The van der Waals surface area contributed by atoms with Gasteiger partial charge in [0, 0.05) is 36.6 Å². The summed E-state index contributed by atoms with van der Waals surface area (Å²) in [5, 5.41) is 7.93. The molecule has 1 atom stereocenters. The number of hydrogen-bond acceptors (Lipinski definition) is 3. The van der Waals surface area contributed by atoms with Crippen molar-refractivity contribution in [2.75, 3.05) is 13.2 Å². The van der Waals surface area contributed by atoms with Gasteiger partial charge in [0.15, 0.2) is 5.11 Å². The van der Waals surface area contributed by atoms with Crippen molar-refractivity contribution in [1.29, 1.82) is 0 Å². The highest BCUT2D eigenvalue weighted by Crippen LogP contribution is 2.15. The number of aromatic nitrogens is 1. The summed E-state index contributed by atoms with van der Waals surface area (Å²) in [6, 6.07) is 2.16. The molecule has 1 aliphatic rings. The number of hydrazone groups is 1. The molecule has 2 heterocycles. The largest absolute Gasteiger partial charge is 0.376 e. The van der Waals surface area contributed by atoms with Crippen LogP contribution in [0, 0.1) is 19.8 Å². The number of ether oxygens (including phenoxy) is 1. The third kappa shape index (κ3) is 5.32. The Morgan fingerprint density at radius 3 is 2.96 bits per heavy atom. The van der Waals surface area contributed by atoms with E-state index in [9.17, 15) is 0 Å². The molecule has 0 aliphatic carbocycles. The fourth-order valence-corrected chi connectivity index (χ4v) is 2.95. The second kappa shape index (κ2) is 8.45. The van der Waals surface area contributed by atoms with Gasteiger partial charge in [-0.2, -0.15) is 5.10 Å². The highest BCUT2D eigenvalue weighted by molar-refractivity contribution is 7.80. The number of rotatable bonds is 6. The molecule has 0 amide bonds. The summed E-state index contributed by atoms with van der Waals surface area (Å²) in [6.07, 6.45) is 4.34. The molecular weight excluding hydrogens is 308 g/mol. The first-order valence-electron chi connectivity index (χ1n) is 8.32. The summed E-state index contributed by atoms with van der Waals surface area (Å²) in [6.45, 7) is 11.3. The van der Waals surface area contributed by atoms with Crippen LogP contribution in [0.3, 0.4) is 0 Å². The highest BCUT2D eigenvalue weighted by Gasteiger charge is 2.15. The number of aryl methyl sites for hydroxylation is 1. The SMILES string of the molecule is Cc1cc(C=NNC(=S)NC[C@@H]2CCCO2)c(C)n1CC(C)C. The summed E-state index contributed by atoms with van der Waals surface area (Å²) in [5.41, 5.74) is 6.50. The molecule has 0 unspecified atom stereocenters. The molecule has 2 rings (SSSR count).